The number of hydrogen-bond donors (Lipinski definition) is 1. The lowest BCUT2D eigenvalue weighted by Crippen LogP contribution is -2.05. The highest BCUT2D eigenvalue weighted by Crippen LogP contribution is 2.42. The van der Waals surface area contributed by atoms with Crippen molar-refractivity contribution < 1.29 is 14.6 Å². The van der Waals surface area contributed by atoms with Crippen LogP contribution in [0.2, 0.25) is 0 Å². The first-order chi connectivity index (χ1) is 9.20. The molecule has 1 heterocycles. The average molecular weight is 259 g/mol. The maximum absolute atomic E-state index is 11.2. The minimum atomic E-state index is -1.03. The number of hydrogen-bond acceptors (Lipinski definition) is 4. The fourth-order valence-electron chi connectivity index (χ4n) is 2.10. The van der Waals surface area contributed by atoms with Crippen molar-refractivity contribution in [3.8, 4) is 11.4 Å². The predicted molar refractivity (Wildman–Crippen MR) is 66.8 cm³/mol. The lowest BCUT2D eigenvalue weighted by molar-refractivity contribution is 0.0689. The first kappa shape index (κ1) is 11.7. The number of benzene rings is 1. The molecule has 98 valence electrons. The minimum absolute atomic E-state index is 0.0466. The third-order valence-corrected chi connectivity index (χ3v) is 3.17. The fourth-order valence-corrected chi connectivity index (χ4v) is 2.10. The van der Waals surface area contributed by atoms with Crippen LogP contribution in [0.25, 0.3) is 5.69 Å². The Labute approximate surface area is 109 Å². The Morgan fingerprint density at radius 1 is 1.47 bits per heavy atom. The zero-order valence-electron chi connectivity index (χ0n) is 10.4. The normalized spacial score (nSPS) is 14.4. The van der Waals surface area contributed by atoms with Crippen molar-refractivity contribution in [2.75, 3.05) is 7.11 Å². The summed E-state index contributed by atoms with van der Waals surface area (Å²) >= 11 is 0. The summed E-state index contributed by atoms with van der Waals surface area (Å²) in [6, 6.07) is 7.34. The van der Waals surface area contributed by atoms with Crippen molar-refractivity contribution in [1.82, 2.24) is 15.0 Å². The van der Waals surface area contributed by atoms with Crippen LogP contribution in [0.3, 0.4) is 0 Å². The van der Waals surface area contributed by atoms with Gasteiger partial charge in [0.2, 0.25) is 0 Å². The Bertz CT molecular complexity index is 632. The smallest absolute Gasteiger partial charge is 0.358 e. The molecule has 1 aromatic carbocycles. The molecule has 1 fully saturated rings. The van der Waals surface area contributed by atoms with Gasteiger partial charge in [0.1, 0.15) is 5.75 Å². The van der Waals surface area contributed by atoms with E-state index in [-0.39, 0.29) is 11.6 Å². The maximum Gasteiger partial charge on any atom is 0.358 e. The Kier molecular flexibility index (Phi) is 2.70. The lowest BCUT2D eigenvalue weighted by atomic mass is 10.2. The van der Waals surface area contributed by atoms with Gasteiger partial charge in [-0.1, -0.05) is 11.3 Å². The van der Waals surface area contributed by atoms with Gasteiger partial charge in [0.05, 0.1) is 18.5 Å². The molecular weight excluding hydrogens is 246 g/mol. The molecule has 1 saturated carbocycles. The molecular formula is C13H13N3O3. The van der Waals surface area contributed by atoms with Gasteiger partial charge in [0.15, 0.2) is 5.69 Å². The van der Waals surface area contributed by atoms with E-state index in [0.29, 0.717) is 11.4 Å². The van der Waals surface area contributed by atoms with Gasteiger partial charge in [-0.25, -0.2) is 9.48 Å². The molecule has 19 heavy (non-hydrogen) atoms. The zero-order valence-corrected chi connectivity index (χ0v) is 10.4. The van der Waals surface area contributed by atoms with Crippen LogP contribution < -0.4 is 4.74 Å². The van der Waals surface area contributed by atoms with E-state index in [0.717, 1.165) is 18.5 Å². The minimum Gasteiger partial charge on any atom is -0.497 e. The van der Waals surface area contributed by atoms with Gasteiger partial charge < -0.3 is 9.84 Å². The first-order valence-electron chi connectivity index (χ1n) is 6.04. The van der Waals surface area contributed by atoms with Crippen molar-refractivity contribution >= 4 is 5.97 Å². The quantitative estimate of drug-likeness (QED) is 0.906. The number of aromatic nitrogens is 3. The van der Waals surface area contributed by atoms with Crippen LogP contribution in [0.15, 0.2) is 24.3 Å². The van der Waals surface area contributed by atoms with E-state index in [1.165, 1.54) is 0 Å². The van der Waals surface area contributed by atoms with Crippen LogP contribution in [0.1, 0.15) is 34.9 Å². The summed E-state index contributed by atoms with van der Waals surface area (Å²) < 4.78 is 6.77. The molecule has 0 aliphatic heterocycles. The van der Waals surface area contributed by atoms with E-state index in [9.17, 15) is 4.79 Å². The molecule has 0 spiro atoms. The molecule has 6 heteroatoms. The molecule has 3 rings (SSSR count). The highest BCUT2D eigenvalue weighted by atomic mass is 16.5. The van der Waals surface area contributed by atoms with E-state index < -0.39 is 5.97 Å². The molecule has 1 N–H and O–H groups in total. The van der Waals surface area contributed by atoms with Gasteiger partial charge in [0, 0.05) is 12.0 Å². The van der Waals surface area contributed by atoms with Crippen LogP contribution in [-0.2, 0) is 0 Å². The largest absolute Gasteiger partial charge is 0.497 e. The van der Waals surface area contributed by atoms with Crippen LogP contribution in [0.5, 0.6) is 5.75 Å². The van der Waals surface area contributed by atoms with E-state index in [4.69, 9.17) is 9.84 Å². The Morgan fingerprint density at radius 3 is 2.89 bits per heavy atom. The molecule has 1 aliphatic rings. The molecule has 0 unspecified atom stereocenters. The predicted octanol–water partition coefficient (Wildman–Crippen LogP) is 1.85. The SMILES string of the molecule is COc1cccc(-n2nnc(C(=O)O)c2C2CC2)c1. The van der Waals surface area contributed by atoms with Crippen LogP contribution in [0.4, 0.5) is 0 Å². The molecule has 6 nitrogen and oxygen atoms in total. The Morgan fingerprint density at radius 2 is 2.26 bits per heavy atom. The molecule has 0 amide bonds. The van der Waals surface area contributed by atoms with Crippen molar-refractivity contribution in [2.24, 2.45) is 0 Å². The van der Waals surface area contributed by atoms with Crippen LogP contribution in [0, 0.1) is 0 Å². The van der Waals surface area contributed by atoms with Crippen LogP contribution >= 0.6 is 0 Å². The summed E-state index contributed by atoms with van der Waals surface area (Å²) in [5.41, 5.74) is 1.49. The lowest BCUT2D eigenvalue weighted by Gasteiger charge is -2.07. The van der Waals surface area contributed by atoms with E-state index >= 15 is 0 Å². The topological polar surface area (TPSA) is 77.2 Å². The summed E-state index contributed by atoms with van der Waals surface area (Å²) in [7, 11) is 1.59. The van der Waals surface area contributed by atoms with E-state index in [1.54, 1.807) is 11.8 Å². The standard InChI is InChI=1S/C13H13N3O3/c1-19-10-4-2-3-9(7-10)16-12(8-5-6-8)11(13(17)18)14-15-16/h2-4,7-8H,5-6H2,1H3,(H,17,18). The van der Waals surface area contributed by atoms with Gasteiger partial charge in [-0.2, -0.15) is 0 Å². The number of nitrogens with zero attached hydrogens (tertiary/aromatic N) is 3. The van der Waals surface area contributed by atoms with Crippen molar-refractivity contribution in [3.63, 3.8) is 0 Å². The maximum atomic E-state index is 11.2. The molecule has 0 radical (unpaired) electrons. The van der Waals surface area contributed by atoms with Gasteiger partial charge in [-0.05, 0) is 25.0 Å². The molecule has 1 aliphatic carbocycles. The molecule has 2 aromatic rings. The summed E-state index contributed by atoms with van der Waals surface area (Å²) in [4.78, 5) is 11.2. The summed E-state index contributed by atoms with van der Waals surface area (Å²) in [5.74, 6) is -0.0880. The summed E-state index contributed by atoms with van der Waals surface area (Å²) in [5, 5.41) is 16.9. The highest BCUT2D eigenvalue weighted by Gasteiger charge is 2.34. The van der Waals surface area contributed by atoms with Gasteiger partial charge in [0.25, 0.3) is 0 Å². The van der Waals surface area contributed by atoms with Crippen LogP contribution in [-0.4, -0.2) is 33.2 Å². The molecule has 0 atom stereocenters. The number of methoxy groups -OCH3 is 1. The third kappa shape index (κ3) is 2.05. The molecule has 1 aromatic heterocycles. The zero-order chi connectivity index (χ0) is 13.4. The summed E-state index contributed by atoms with van der Waals surface area (Å²) in [6.07, 6.45) is 1.97. The Balaban J connectivity index is 2.11. The van der Waals surface area contributed by atoms with Gasteiger partial charge in [-0.15, -0.1) is 5.10 Å². The van der Waals surface area contributed by atoms with E-state index in [2.05, 4.69) is 10.3 Å². The van der Waals surface area contributed by atoms with Gasteiger partial charge >= 0.3 is 5.97 Å². The fraction of sp³-hybridized carbons (Fsp3) is 0.308. The summed E-state index contributed by atoms with van der Waals surface area (Å²) in [6.45, 7) is 0. The van der Waals surface area contributed by atoms with Crippen molar-refractivity contribution in [1.29, 1.82) is 0 Å². The van der Waals surface area contributed by atoms with Crippen molar-refractivity contribution in [3.05, 3.63) is 35.7 Å². The number of aromatic carboxylic acids is 1. The number of carboxylic acids is 1. The Hall–Kier alpha value is -2.37. The second-order valence-electron chi connectivity index (χ2n) is 4.52. The molecule has 0 bridgehead atoms. The second kappa shape index (κ2) is 4.38. The monoisotopic (exact) mass is 259 g/mol. The number of ether oxygens (including phenoxy) is 1. The second-order valence-corrected chi connectivity index (χ2v) is 4.52. The molecule has 0 saturated heterocycles. The number of carboxylic acid groups (broad SMARTS) is 1. The van der Waals surface area contributed by atoms with Gasteiger partial charge in [-0.3, -0.25) is 0 Å². The number of carbonyl (C=O) groups is 1. The average Bonchev–Trinajstić information content (AvgIpc) is 3.16. The van der Waals surface area contributed by atoms with E-state index in [1.807, 2.05) is 24.3 Å². The highest BCUT2D eigenvalue weighted by molar-refractivity contribution is 5.87. The first-order valence-corrected chi connectivity index (χ1v) is 6.04. The number of rotatable bonds is 4. The van der Waals surface area contributed by atoms with Crippen molar-refractivity contribution in [2.45, 2.75) is 18.8 Å². The third-order valence-electron chi connectivity index (χ3n) is 3.17.